The van der Waals surface area contributed by atoms with Gasteiger partial charge in [-0.05, 0) is 76.4 Å². The van der Waals surface area contributed by atoms with E-state index < -0.39 is 0 Å². The highest BCUT2D eigenvalue weighted by Gasteiger charge is 2.25. The van der Waals surface area contributed by atoms with Gasteiger partial charge in [0.2, 0.25) is 0 Å². The maximum absolute atomic E-state index is 5.77. The highest BCUT2D eigenvalue weighted by molar-refractivity contribution is 4.79. The Morgan fingerprint density at radius 2 is 1.81 bits per heavy atom. The van der Waals surface area contributed by atoms with Crippen molar-refractivity contribution in [3.8, 4) is 0 Å². The summed E-state index contributed by atoms with van der Waals surface area (Å²) >= 11 is 0. The van der Waals surface area contributed by atoms with Gasteiger partial charge in [0.05, 0.1) is 6.10 Å². The van der Waals surface area contributed by atoms with Crippen LogP contribution in [0.5, 0.6) is 0 Å². The van der Waals surface area contributed by atoms with Crippen LogP contribution in [-0.4, -0.2) is 61.8 Å². The average Bonchev–Trinajstić information content (AvgIpc) is 3.01. The molecule has 0 saturated carbocycles. The van der Waals surface area contributed by atoms with Crippen molar-refractivity contribution >= 4 is 0 Å². The number of likely N-dealkylation sites (tertiary alicyclic amines) is 2. The molecule has 0 aliphatic carbocycles. The van der Waals surface area contributed by atoms with Crippen molar-refractivity contribution < 1.29 is 4.74 Å². The number of hydrogen-bond donors (Lipinski definition) is 0. The van der Waals surface area contributed by atoms with E-state index in [0.717, 1.165) is 18.4 Å². The monoisotopic (exact) mass is 294 g/mol. The summed E-state index contributed by atoms with van der Waals surface area (Å²) in [5, 5.41) is 0. The molecule has 3 rings (SSSR count). The predicted molar refractivity (Wildman–Crippen MR) is 87.6 cm³/mol. The molecule has 3 heterocycles. The Hall–Kier alpha value is -0.120. The first-order valence-electron chi connectivity index (χ1n) is 9.36. The van der Waals surface area contributed by atoms with Crippen molar-refractivity contribution in [2.45, 2.75) is 58.0 Å². The first-order valence-corrected chi connectivity index (χ1v) is 9.36. The van der Waals surface area contributed by atoms with Crippen LogP contribution in [0.2, 0.25) is 0 Å². The Labute approximate surface area is 131 Å². The summed E-state index contributed by atoms with van der Waals surface area (Å²) in [6.07, 6.45) is 10.1. The molecule has 122 valence electrons. The minimum absolute atomic E-state index is 0.564. The van der Waals surface area contributed by atoms with Crippen molar-refractivity contribution in [2.75, 3.05) is 45.9 Å². The molecule has 3 heteroatoms. The Morgan fingerprint density at radius 3 is 2.57 bits per heavy atom. The average molecular weight is 294 g/mol. The quantitative estimate of drug-likeness (QED) is 0.775. The van der Waals surface area contributed by atoms with Gasteiger partial charge >= 0.3 is 0 Å². The smallest absolute Gasteiger partial charge is 0.0588 e. The molecule has 3 nitrogen and oxygen atoms in total. The molecular formula is C18H34N2O. The maximum Gasteiger partial charge on any atom is 0.0588 e. The molecule has 0 aromatic carbocycles. The molecule has 3 saturated heterocycles. The predicted octanol–water partition coefficient (Wildman–Crippen LogP) is 3.00. The molecule has 0 aromatic rings. The highest BCUT2D eigenvalue weighted by Crippen LogP contribution is 2.23. The van der Waals surface area contributed by atoms with Crippen LogP contribution < -0.4 is 0 Å². The van der Waals surface area contributed by atoms with Crippen molar-refractivity contribution in [3.05, 3.63) is 0 Å². The molecule has 0 spiro atoms. The molecule has 21 heavy (non-hydrogen) atoms. The minimum atomic E-state index is 0.564. The maximum atomic E-state index is 5.77. The lowest BCUT2D eigenvalue weighted by molar-refractivity contribution is 0.0748. The van der Waals surface area contributed by atoms with Crippen LogP contribution in [0, 0.1) is 11.8 Å². The minimum Gasteiger partial charge on any atom is -0.378 e. The molecule has 3 aliphatic heterocycles. The van der Waals surface area contributed by atoms with Gasteiger partial charge in [0.1, 0.15) is 0 Å². The zero-order valence-electron chi connectivity index (χ0n) is 13.9. The van der Waals surface area contributed by atoms with Crippen LogP contribution in [-0.2, 0) is 4.74 Å². The van der Waals surface area contributed by atoms with E-state index in [9.17, 15) is 0 Å². The number of rotatable bonds is 5. The first-order chi connectivity index (χ1) is 10.3. The van der Waals surface area contributed by atoms with E-state index in [0.29, 0.717) is 6.10 Å². The second-order valence-electron chi connectivity index (χ2n) is 7.72. The van der Waals surface area contributed by atoms with Gasteiger partial charge in [-0.15, -0.1) is 0 Å². The summed E-state index contributed by atoms with van der Waals surface area (Å²) < 4.78 is 5.77. The number of hydrogen-bond acceptors (Lipinski definition) is 3. The summed E-state index contributed by atoms with van der Waals surface area (Å²) in [7, 11) is 0. The van der Waals surface area contributed by atoms with Crippen molar-refractivity contribution in [1.82, 2.24) is 9.80 Å². The van der Waals surface area contributed by atoms with Crippen molar-refractivity contribution in [1.29, 1.82) is 0 Å². The van der Waals surface area contributed by atoms with Crippen LogP contribution in [0.25, 0.3) is 0 Å². The number of ether oxygens (including phenoxy) is 1. The second-order valence-corrected chi connectivity index (χ2v) is 7.72. The van der Waals surface area contributed by atoms with Crippen LogP contribution >= 0.6 is 0 Å². The van der Waals surface area contributed by atoms with E-state index in [4.69, 9.17) is 4.74 Å². The van der Waals surface area contributed by atoms with Gasteiger partial charge < -0.3 is 14.5 Å². The van der Waals surface area contributed by atoms with Crippen LogP contribution in [0.15, 0.2) is 0 Å². The fraction of sp³-hybridized carbons (Fsp3) is 1.00. The molecule has 3 fully saturated rings. The first kappa shape index (κ1) is 15.8. The fourth-order valence-corrected chi connectivity index (χ4v) is 4.31. The SMILES string of the molecule is CC1CCN(C[C@H]2CCCN(CC[C@H]3CCCO3)C2)CC1. The van der Waals surface area contributed by atoms with Gasteiger partial charge in [0.15, 0.2) is 0 Å². The Bertz CT molecular complexity index is 296. The lowest BCUT2D eigenvalue weighted by atomic mass is 9.94. The zero-order chi connectivity index (χ0) is 14.5. The molecular weight excluding hydrogens is 260 g/mol. The van der Waals surface area contributed by atoms with Crippen molar-refractivity contribution in [3.63, 3.8) is 0 Å². The number of nitrogens with zero attached hydrogens (tertiary/aromatic N) is 2. The zero-order valence-corrected chi connectivity index (χ0v) is 13.9. The fourth-order valence-electron chi connectivity index (χ4n) is 4.31. The van der Waals surface area contributed by atoms with E-state index >= 15 is 0 Å². The Balaban J connectivity index is 1.36. The largest absolute Gasteiger partial charge is 0.378 e. The molecule has 0 aromatic heterocycles. The molecule has 3 aliphatic rings. The Kier molecular flexibility index (Phi) is 5.96. The van der Waals surface area contributed by atoms with Gasteiger partial charge in [-0.1, -0.05) is 6.92 Å². The van der Waals surface area contributed by atoms with Crippen LogP contribution in [0.1, 0.15) is 51.9 Å². The molecule has 0 radical (unpaired) electrons. The summed E-state index contributed by atoms with van der Waals surface area (Å²) in [4.78, 5) is 5.44. The normalized spacial score (nSPS) is 33.6. The van der Waals surface area contributed by atoms with E-state index in [1.54, 1.807) is 0 Å². The lowest BCUT2D eigenvalue weighted by Crippen LogP contribution is -2.43. The molecule has 0 N–H and O–H groups in total. The lowest BCUT2D eigenvalue weighted by Gasteiger charge is -2.38. The molecule has 0 amide bonds. The van der Waals surface area contributed by atoms with Gasteiger partial charge in [-0.2, -0.15) is 0 Å². The second kappa shape index (κ2) is 7.94. The van der Waals surface area contributed by atoms with E-state index in [1.807, 2.05) is 0 Å². The van der Waals surface area contributed by atoms with E-state index in [2.05, 4.69) is 16.7 Å². The van der Waals surface area contributed by atoms with Gasteiger partial charge in [-0.3, -0.25) is 0 Å². The third-order valence-electron chi connectivity index (χ3n) is 5.79. The van der Waals surface area contributed by atoms with E-state index in [-0.39, 0.29) is 0 Å². The summed E-state index contributed by atoms with van der Waals surface area (Å²) in [6, 6.07) is 0. The molecule has 0 unspecified atom stereocenters. The summed E-state index contributed by atoms with van der Waals surface area (Å²) in [5.74, 6) is 1.87. The third kappa shape index (κ3) is 4.94. The molecule has 2 atom stereocenters. The van der Waals surface area contributed by atoms with Gasteiger partial charge in [0.25, 0.3) is 0 Å². The summed E-state index contributed by atoms with van der Waals surface area (Å²) in [5.41, 5.74) is 0. The van der Waals surface area contributed by atoms with E-state index in [1.165, 1.54) is 84.2 Å². The number of piperidine rings is 2. The summed E-state index contributed by atoms with van der Waals surface area (Å²) in [6.45, 7) is 11.4. The highest BCUT2D eigenvalue weighted by atomic mass is 16.5. The van der Waals surface area contributed by atoms with Gasteiger partial charge in [-0.25, -0.2) is 0 Å². The Morgan fingerprint density at radius 1 is 0.952 bits per heavy atom. The van der Waals surface area contributed by atoms with Crippen molar-refractivity contribution in [2.24, 2.45) is 11.8 Å². The topological polar surface area (TPSA) is 15.7 Å². The third-order valence-corrected chi connectivity index (χ3v) is 5.79. The standard InChI is InChI=1S/C18H34N2O/c1-16-6-10-20(11-7-16)15-17-4-2-9-19(14-17)12-8-18-5-3-13-21-18/h16-18H,2-15H2,1H3/t17-,18+/m0/s1. The van der Waals surface area contributed by atoms with Crippen LogP contribution in [0.4, 0.5) is 0 Å². The molecule has 0 bridgehead atoms. The van der Waals surface area contributed by atoms with Gasteiger partial charge in [0, 0.05) is 26.2 Å². The van der Waals surface area contributed by atoms with Crippen LogP contribution in [0.3, 0.4) is 0 Å².